The van der Waals surface area contributed by atoms with E-state index in [4.69, 9.17) is 4.74 Å². The van der Waals surface area contributed by atoms with Crippen LogP contribution in [0.15, 0.2) is 84.1 Å². The lowest BCUT2D eigenvalue weighted by molar-refractivity contribution is -0.119. The number of ketones is 1. The van der Waals surface area contributed by atoms with Crippen molar-refractivity contribution in [2.24, 2.45) is 0 Å². The van der Waals surface area contributed by atoms with E-state index in [2.05, 4.69) is 13.0 Å². The van der Waals surface area contributed by atoms with Gasteiger partial charge in [0.15, 0.2) is 5.78 Å². The average molecular weight is 452 g/mol. The highest BCUT2D eigenvalue weighted by molar-refractivity contribution is 6.07. The standard InChI is InChI=1S/C30H29NO3/c1-20-8-6-11-26(21(20)2)31-27-12-7-13-28(32)30(27)25(18-29(31)33)23-14-16-24(17-15-23)34-19-22-9-4-3-5-10-22/h3-6,8-11,14-17,25H,7,12-13,18-19H2,1-2H3. The van der Waals surface area contributed by atoms with Crippen LogP contribution >= 0.6 is 0 Å². The number of nitrogens with zero attached hydrogens (tertiary/aromatic N) is 1. The van der Waals surface area contributed by atoms with Crippen LogP contribution in [0, 0.1) is 13.8 Å². The molecule has 3 aromatic carbocycles. The number of anilines is 1. The van der Waals surface area contributed by atoms with E-state index in [-0.39, 0.29) is 17.6 Å². The van der Waals surface area contributed by atoms with Crippen molar-refractivity contribution < 1.29 is 14.3 Å². The van der Waals surface area contributed by atoms with E-state index >= 15 is 0 Å². The van der Waals surface area contributed by atoms with E-state index < -0.39 is 0 Å². The highest BCUT2D eigenvalue weighted by Gasteiger charge is 2.40. The van der Waals surface area contributed by atoms with Crippen molar-refractivity contribution in [1.82, 2.24) is 0 Å². The van der Waals surface area contributed by atoms with E-state index in [0.29, 0.717) is 19.4 Å². The molecule has 2 aliphatic rings. The maximum Gasteiger partial charge on any atom is 0.232 e. The van der Waals surface area contributed by atoms with Gasteiger partial charge in [-0.05, 0) is 67.1 Å². The minimum Gasteiger partial charge on any atom is -0.489 e. The molecule has 0 bridgehead atoms. The molecule has 1 aliphatic heterocycles. The van der Waals surface area contributed by atoms with Gasteiger partial charge in [0.05, 0.1) is 5.69 Å². The van der Waals surface area contributed by atoms with Gasteiger partial charge in [-0.15, -0.1) is 0 Å². The zero-order valence-corrected chi connectivity index (χ0v) is 19.7. The van der Waals surface area contributed by atoms with Gasteiger partial charge < -0.3 is 4.74 Å². The Morgan fingerprint density at radius 1 is 0.882 bits per heavy atom. The molecule has 1 heterocycles. The molecule has 0 fully saturated rings. The first-order valence-corrected chi connectivity index (χ1v) is 11.9. The number of allylic oxidation sites excluding steroid dienone is 2. The van der Waals surface area contributed by atoms with Crippen molar-refractivity contribution in [3.8, 4) is 5.75 Å². The van der Waals surface area contributed by atoms with Crippen LogP contribution in [0.1, 0.15) is 53.9 Å². The average Bonchev–Trinajstić information content (AvgIpc) is 2.85. The van der Waals surface area contributed by atoms with Crippen LogP contribution in [-0.2, 0) is 16.2 Å². The number of Topliss-reactive ketones (excluding diaryl/α,β-unsaturated/α-hetero) is 1. The quantitative estimate of drug-likeness (QED) is 0.450. The summed E-state index contributed by atoms with van der Waals surface area (Å²) in [6.45, 7) is 4.60. The smallest absolute Gasteiger partial charge is 0.232 e. The summed E-state index contributed by atoms with van der Waals surface area (Å²) >= 11 is 0. The van der Waals surface area contributed by atoms with E-state index in [1.165, 1.54) is 0 Å². The summed E-state index contributed by atoms with van der Waals surface area (Å²) < 4.78 is 5.93. The van der Waals surface area contributed by atoms with Crippen LogP contribution in [0.3, 0.4) is 0 Å². The Balaban J connectivity index is 1.46. The van der Waals surface area contributed by atoms with Crippen molar-refractivity contribution in [2.75, 3.05) is 4.90 Å². The fraction of sp³-hybridized carbons (Fsp3) is 0.267. The molecule has 3 aromatic rings. The Hall–Kier alpha value is -3.66. The number of amides is 1. The number of hydrogen-bond acceptors (Lipinski definition) is 3. The molecule has 1 atom stereocenters. The zero-order valence-electron chi connectivity index (χ0n) is 19.7. The van der Waals surface area contributed by atoms with E-state index in [1.54, 1.807) is 0 Å². The van der Waals surface area contributed by atoms with Crippen LogP contribution < -0.4 is 9.64 Å². The van der Waals surface area contributed by atoms with Crippen molar-refractivity contribution in [1.29, 1.82) is 0 Å². The molecule has 34 heavy (non-hydrogen) atoms. The van der Waals surface area contributed by atoms with Gasteiger partial charge >= 0.3 is 0 Å². The normalized spacial score (nSPS) is 18.2. The van der Waals surface area contributed by atoms with Gasteiger partial charge in [-0.25, -0.2) is 0 Å². The second-order valence-electron chi connectivity index (χ2n) is 9.19. The van der Waals surface area contributed by atoms with E-state index in [0.717, 1.165) is 57.8 Å². The number of aryl methyl sites for hydroxylation is 1. The first-order chi connectivity index (χ1) is 16.5. The number of hydrogen-bond donors (Lipinski definition) is 0. The Kier molecular flexibility index (Phi) is 6.06. The van der Waals surface area contributed by atoms with Gasteiger partial charge in [-0.3, -0.25) is 14.5 Å². The lowest BCUT2D eigenvalue weighted by Gasteiger charge is -2.39. The summed E-state index contributed by atoms with van der Waals surface area (Å²) in [6.07, 6.45) is 2.37. The predicted molar refractivity (Wildman–Crippen MR) is 134 cm³/mol. The number of carbonyl (C=O) groups is 2. The molecule has 4 nitrogen and oxygen atoms in total. The maximum absolute atomic E-state index is 13.5. The molecule has 1 aliphatic carbocycles. The van der Waals surface area contributed by atoms with Crippen LogP contribution in [0.25, 0.3) is 0 Å². The molecule has 0 saturated heterocycles. The minimum absolute atomic E-state index is 0.0524. The number of ether oxygens (including phenoxy) is 1. The molecule has 4 heteroatoms. The summed E-state index contributed by atoms with van der Waals surface area (Å²) in [4.78, 5) is 28.5. The molecule has 172 valence electrons. The maximum atomic E-state index is 13.5. The fourth-order valence-corrected chi connectivity index (χ4v) is 5.07. The van der Waals surface area contributed by atoms with Crippen molar-refractivity contribution in [2.45, 2.75) is 52.1 Å². The fourth-order valence-electron chi connectivity index (χ4n) is 5.07. The second kappa shape index (κ2) is 9.30. The second-order valence-corrected chi connectivity index (χ2v) is 9.19. The Morgan fingerprint density at radius 3 is 2.41 bits per heavy atom. The van der Waals surface area contributed by atoms with Gasteiger partial charge in [-0.2, -0.15) is 0 Å². The Bertz CT molecular complexity index is 1260. The lowest BCUT2D eigenvalue weighted by Crippen LogP contribution is -2.41. The molecule has 1 amide bonds. The number of carbonyl (C=O) groups excluding carboxylic acids is 2. The van der Waals surface area contributed by atoms with Crippen LogP contribution in [-0.4, -0.2) is 11.7 Å². The highest BCUT2D eigenvalue weighted by Crippen LogP contribution is 2.44. The first-order valence-electron chi connectivity index (χ1n) is 11.9. The molecule has 1 unspecified atom stereocenters. The largest absolute Gasteiger partial charge is 0.489 e. The van der Waals surface area contributed by atoms with Gasteiger partial charge in [0, 0.05) is 30.0 Å². The first kappa shape index (κ1) is 22.1. The lowest BCUT2D eigenvalue weighted by atomic mass is 9.77. The predicted octanol–water partition coefficient (Wildman–Crippen LogP) is 6.41. The molecular formula is C30H29NO3. The molecule has 0 aromatic heterocycles. The van der Waals surface area contributed by atoms with Gasteiger partial charge in [0.1, 0.15) is 12.4 Å². The molecule has 0 radical (unpaired) electrons. The van der Waals surface area contributed by atoms with Crippen molar-refractivity contribution in [3.63, 3.8) is 0 Å². The summed E-state index contributed by atoms with van der Waals surface area (Å²) in [5.41, 5.74) is 6.92. The number of rotatable bonds is 5. The summed E-state index contributed by atoms with van der Waals surface area (Å²) in [7, 11) is 0. The summed E-state index contributed by atoms with van der Waals surface area (Å²) in [5, 5.41) is 0. The Labute approximate surface area is 200 Å². The molecule has 0 spiro atoms. The molecule has 0 saturated carbocycles. The molecule has 5 rings (SSSR count). The topological polar surface area (TPSA) is 46.6 Å². The highest BCUT2D eigenvalue weighted by atomic mass is 16.5. The summed E-state index contributed by atoms with van der Waals surface area (Å²) in [6, 6.07) is 23.9. The summed E-state index contributed by atoms with van der Waals surface area (Å²) in [5.74, 6) is 0.783. The minimum atomic E-state index is -0.208. The monoisotopic (exact) mass is 451 g/mol. The third-order valence-electron chi connectivity index (χ3n) is 7.02. The van der Waals surface area contributed by atoms with Crippen LogP contribution in [0.2, 0.25) is 0 Å². The Morgan fingerprint density at radius 2 is 1.65 bits per heavy atom. The molecular weight excluding hydrogens is 422 g/mol. The van der Waals surface area contributed by atoms with Crippen LogP contribution in [0.4, 0.5) is 5.69 Å². The number of benzene rings is 3. The van der Waals surface area contributed by atoms with Crippen molar-refractivity contribution >= 4 is 17.4 Å². The van der Waals surface area contributed by atoms with E-state index in [9.17, 15) is 9.59 Å². The SMILES string of the molecule is Cc1cccc(N2C(=O)CC(c3ccc(OCc4ccccc4)cc3)C3=C2CCCC3=O)c1C. The third kappa shape index (κ3) is 4.16. The van der Waals surface area contributed by atoms with Gasteiger partial charge in [-0.1, -0.05) is 54.6 Å². The zero-order chi connectivity index (χ0) is 23.7. The van der Waals surface area contributed by atoms with E-state index in [1.807, 2.05) is 78.6 Å². The van der Waals surface area contributed by atoms with Crippen LogP contribution in [0.5, 0.6) is 5.75 Å². The van der Waals surface area contributed by atoms with Gasteiger partial charge in [0.2, 0.25) is 5.91 Å². The van der Waals surface area contributed by atoms with Gasteiger partial charge in [0.25, 0.3) is 0 Å². The third-order valence-corrected chi connectivity index (χ3v) is 7.02. The van der Waals surface area contributed by atoms with Crippen molar-refractivity contribution in [3.05, 3.63) is 106 Å². The molecule has 0 N–H and O–H groups in total.